The highest BCUT2D eigenvalue weighted by atomic mass is 32.1. The zero-order chi connectivity index (χ0) is 17.2. The van der Waals surface area contributed by atoms with Crippen molar-refractivity contribution in [3.63, 3.8) is 0 Å². The normalized spacial score (nSPS) is 18.6. The quantitative estimate of drug-likeness (QED) is 0.721. The van der Waals surface area contributed by atoms with Gasteiger partial charge in [0.05, 0.1) is 41.3 Å². The number of likely N-dealkylation sites (tertiary alicyclic amines) is 1. The second-order valence-corrected chi connectivity index (χ2v) is 7.59. The number of aryl methyl sites for hydroxylation is 2. The van der Waals surface area contributed by atoms with Crippen molar-refractivity contribution in [2.45, 2.75) is 32.2 Å². The van der Waals surface area contributed by atoms with Crippen LogP contribution in [-0.4, -0.2) is 42.5 Å². The minimum Gasteiger partial charge on any atom is -0.332 e. The number of aromatic nitrogens is 5. The van der Waals surface area contributed by atoms with Crippen LogP contribution in [0.4, 0.5) is 0 Å². The fraction of sp³-hybridized carbons (Fsp3) is 0.444. The molecule has 1 atom stereocenters. The summed E-state index contributed by atoms with van der Waals surface area (Å²) in [7, 11) is 1.98. The van der Waals surface area contributed by atoms with Crippen molar-refractivity contribution >= 4 is 11.3 Å². The van der Waals surface area contributed by atoms with E-state index >= 15 is 0 Å². The van der Waals surface area contributed by atoms with Crippen molar-refractivity contribution in [1.29, 1.82) is 0 Å². The summed E-state index contributed by atoms with van der Waals surface area (Å²) in [5.74, 6) is 0.433. The molecule has 1 saturated heterocycles. The Bertz CT molecular complexity index is 855. The van der Waals surface area contributed by atoms with Gasteiger partial charge in [0.2, 0.25) is 0 Å². The monoisotopic (exact) mass is 354 g/mol. The summed E-state index contributed by atoms with van der Waals surface area (Å²) in [6.45, 7) is 5.25. The van der Waals surface area contributed by atoms with E-state index in [0.29, 0.717) is 5.92 Å². The van der Waals surface area contributed by atoms with Crippen LogP contribution >= 0.6 is 11.3 Å². The van der Waals surface area contributed by atoms with E-state index in [9.17, 15) is 0 Å². The third-order valence-corrected chi connectivity index (χ3v) is 5.79. The zero-order valence-electron chi connectivity index (χ0n) is 14.6. The molecule has 7 heteroatoms. The molecular weight excluding hydrogens is 332 g/mol. The molecule has 0 unspecified atom stereocenters. The number of imidazole rings is 1. The van der Waals surface area contributed by atoms with E-state index in [4.69, 9.17) is 4.98 Å². The minimum atomic E-state index is 0.433. The van der Waals surface area contributed by atoms with Gasteiger partial charge in [-0.2, -0.15) is 0 Å². The van der Waals surface area contributed by atoms with Gasteiger partial charge in [0.25, 0.3) is 0 Å². The summed E-state index contributed by atoms with van der Waals surface area (Å²) in [5, 5.41) is 0. The second kappa shape index (κ2) is 7.01. The third-order valence-electron chi connectivity index (χ3n) is 4.87. The predicted octanol–water partition coefficient (Wildman–Crippen LogP) is 3.02. The van der Waals surface area contributed by atoms with E-state index < -0.39 is 0 Å². The first kappa shape index (κ1) is 16.4. The zero-order valence-corrected chi connectivity index (χ0v) is 15.4. The molecule has 25 heavy (non-hydrogen) atoms. The van der Waals surface area contributed by atoms with Gasteiger partial charge in [-0.3, -0.25) is 9.88 Å². The van der Waals surface area contributed by atoms with Gasteiger partial charge in [-0.1, -0.05) is 0 Å². The number of rotatable bonds is 4. The number of nitrogens with zero attached hydrogens (tertiary/aromatic N) is 6. The standard InChI is InChI=1S/C18H22N6S/c1-13-18(25-12-21-13)10-24-5-3-4-14(9-24)15-6-19-7-16(22-15)17-8-20-11-23(17)2/h6-8,11-12,14H,3-5,9-10H2,1-2H3/t14-/m0/s1. The molecule has 0 saturated carbocycles. The lowest BCUT2D eigenvalue weighted by atomic mass is 9.95. The smallest absolute Gasteiger partial charge is 0.107 e. The van der Waals surface area contributed by atoms with Gasteiger partial charge in [0.1, 0.15) is 5.69 Å². The first-order valence-corrected chi connectivity index (χ1v) is 9.48. The van der Waals surface area contributed by atoms with Crippen LogP contribution in [0.3, 0.4) is 0 Å². The summed E-state index contributed by atoms with van der Waals surface area (Å²) >= 11 is 1.75. The molecule has 0 radical (unpaired) electrons. The van der Waals surface area contributed by atoms with E-state index in [1.165, 1.54) is 17.7 Å². The summed E-state index contributed by atoms with van der Waals surface area (Å²) in [5.41, 5.74) is 6.08. The van der Waals surface area contributed by atoms with Crippen LogP contribution in [0.1, 0.15) is 35.0 Å². The molecule has 0 spiro atoms. The molecule has 3 aromatic rings. The van der Waals surface area contributed by atoms with E-state index in [-0.39, 0.29) is 0 Å². The van der Waals surface area contributed by atoms with Crippen molar-refractivity contribution in [3.8, 4) is 11.4 Å². The molecule has 1 aliphatic rings. The van der Waals surface area contributed by atoms with Crippen LogP contribution in [-0.2, 0) is 13.6 Å². The molecule has 0 aromatic carbocycles. The maximum atomic E-state index is 4.89. The molecule has 0 amide bonds. The molecule has 0 bridgehead atoms. The van der Waals surface area contributed by atoms with Crippen LogP contribution in [0, 0.1) is 6.92 Å². The Morgan fingerprint density at radius 2 is 2.16 bits per heavy atom. The lowest BCUT2D eigenvalue weighted by Gasteiger charge is -2.32. The molecule has 130 valence electrons. The molecule has 4 rings (SSSR count). The van der Waals surface area contributed by atoms with Gasteiger partial charge < -0.3 is 4.57 Å². The Kier molecular flexibility index (Phi) is 4.59. The molecule has 3 aromatic heterocycles. The van der Waals surface area contributed by atoms with Crippen molar-refractivity contribution < 1.29 is 0 Å². The summed E-state index contributed by atoms with van der Waals surface area (Å²) in [6, 6.07) is 0. The van der Waals surface area contributed by atoms with Crippen LogP contribution < -0.4 is 0 Å². The van der Waals surface area contributed by atoms with E-state index in [2.05, 4.69) is 26.8 Å². The number of hydrogen-bond acceptors (Lipinski definition) is 6. The Hall–Kier alpha value is -2.12. The number of thiazole rings is 1. The largest absolute Gasteiger partial charge is 0.332 e. The number of hydrogen-bond donors (Lipinski definition) is 0. The minimum absolute atomic E-state index is 0.433. The molecule has 1 fully saturated rings. The van der Waals surface area contributed by atoms with Gasteiger partial charge >= 0.3 is 0 Å². The van der Waals surface area contributed by atoms with Crippen molar-refractivity contribution in [3.05, 3.63) is 46.7 Å². The molecule has 0 N–H and O–H groups in total. The van der Waals surface area contributed by atoms with E-state index in [1.54, 1.807) is 17.7 Å². The predicted molar refractivity (Wildman–Crippen MR) is 98.3 cm³/mol. The van der Waals surface area contributed by atoms with Gasteiger partial charge in [-0.25, -0.2) is 15.0 Å². The summed E-state index contributed by atoms with van der Waals surface area (Å²) in [6.07, 6.45) is 9.74. The van der Waals surface area contributed by atoms with Crippen LogP contribution in [0.15, 0.2) is 30.4 Å². The first-order chi connectivity index (χ1) is 12.2. The van der Waals surface area contributed by atoms with Gasteiger partial charge in [0, 0.05) is 37.1 Å². The van der Waals surface area contributed by atoms with Gasteiger partial charge in [-0.05, 0) is 26.3 Å². The third kappa shape index (κ3) is 3.48. The maximum Gasteiger partial charge on any atom is 0.107 e. The fourth-order valence-corrected chi connectivity index (χ4v) is 4.25. The van der Waals surface area contributed by atoms with Crippen molar-refractivity contribution in [2.24, 2.45) is 7.05 Å². The van der Waals surface area contributed by atoms with Crippen molar-refractivity contribution in [2.75, 3.05) is 13.1 Å². The second-order valence-electron chi connectivity index (χ2n) is 6.65. The summed E-state index contributed by atoms with van der Waals surface area (Å²) in [4.78, 5) is 21.8. The first-order valence-electron chi connectivity index (χ1n) is 8.60. The Balaban J connectivity index is 1.51. The molecule has 0 aliphatic carbocycles. The van der Waals surface area contributed by atoms with E-state index in [1.807, 2.05) is 35.7 Å². The molecule has 4 heterocycles. The lowest BCUT2D eigenvalue weighted by Crippen LogP contribution is -2.34. The lowest BCUT2D eigenvalue weighted by molar-refractivity contribution is 0.199. The maximum absolute atomic E-state index is 4.89. The highest BCUT2D eigenvalue weighted by Crippen LogP contribution is 2.28. The van der Waals surface area contributed by atoms with Crippen LogP contribution in [0.25, 0.3) is 11.4 Å². The Labute approximate surface area is 151 Å². The molecule has 1 aliphatic heterocycles. The molecule has 6 nitrogen and oxygen atoms in total. The Morgan fingerprint density at radius 1 is 1.24 bits per heavy atom. The van der Waals surface area contributed by atoms with Crippen molar-refractivity contribution in [1.82, 2.24) is 29.4 Å². The van der Waals surface area contributed by atoms with Crippen LogP contribution in [0.5, 0.6) is 0 Å². The van der Waals surface area contributed by atoms with Crippen LogP contribution in [0.2, 0.25) is 0 Å². The average Bonchev–Trinajstić information content (AvgIpc) is 3.24. The molecular formula is C18H22N6S. The van der Waals surface area contributed by atoms with Gasteiger partial charge in [0.15, 0.2) is 0 Å². The highest BCUT2D eigenvalue weighted by Gasteiger charge is 2.24. The Morgan fingerprint density at radius 3 is 2.92 bits per heavy atom. The average molecular weight is 354 g/mol. The van der Waals surface area contributed by atoms with Gasteiger partial charge in [-0.15, -0.1) is 11.3 Å². The number of piperidine rings is 1. The summed E-state index contributed by atoms with van der Waals surface area (Å²) < 4.78 is 1.98. The highest BCUT2D eigenvalue weighted by molar-refractivity contribution is 7.09. The van der Waals surface area contributed by atoms with E-state index in [0.717, 1.165) is 42.4 Å². The fourth-order valence-electron chi connectivity index (χ4n) is 3.43. The topological polar surface area (TPSA) is 59.7 Å². The SMILES string of the molecule is Cc1ncsc1CN1CCC[C@H](c2cncc(-c3cncn3C)n2)C1.